The number of alkyl halides is 3. The van der Waals surface area contributed by atoms with E-state index in [0.717, 1.165) is 25.3 Å². The van der Waals surface area contributed by atoms with Crippen molar-refractivity contribution in [2.45, 2.75) is 12.2 Å². The molecule has 0 spiro atoms. The Hall–Kier alpha value is -2.09. The Bertz CT molecular complexity index is 502. The van der Waals surface area contributed by atoms with Crippen molar-refractivity contribution in [1.82, 2.24) is 5.32 Å². The quantitative estimate of drug-likeness (QED) is 0.811. The Morgan fingerprint density at radius 2 is 1.95 bits per heavy atom. The number of nitrogens with one attached hydrogen (secondary N) is 1. The number of amides is 1. The molecule has 1 aromatic carbocycles. The normalized spacial score (nSPS) is 12.7. The number of carbonyl (C=O) groups excluding carboxylic acids is 2. The molecule has 0 aromatic heterocycles. The molecule has 110 valence electrons. The van der Waals surface area contributed by atoms with Crippen LogP contribution in [0.5, 0.6) is 0 Å². The second-order valence-electron chi connectivity index (χ2n) is 3.78. The minimum atomic E-state index is -4.70. The molecule has 0 heterocycles. The van der Waals surface area contributed by atoms with Crippen LogP contribution in [0.2, 0.25) is 0 Å². The molecular formula is C12H12F3NO4. The lowest BCUT2D eigenvalue weighted by Crippen LogP contribution is -2.44. The molecule has 0 saturated carbocycles. The van der Waals surface area contributed by atoms with Gasteiger partial charge in [0.1, 0.15) is 0 Å². The molecule has 0 aliphatic rings. The molecule has 0 unspecified atom stereocenters. The summed E-state index contributed by atoms with van der Waals surface area (Å²) in [4.78, 5) is 22.9. The first kappa shape index (κ1) is 16.0. The van der Waals surface area contributed by atoms with E-state index < -0.39 is 41.8 Å². The minimum absolute atomic E-state index is 0.637. The topological polar surface area (TPSA) is 75.6 Å². The van der Waals surface area contributed by atoms with Crippen LogP contribution in [-0.4, -0.2) is 36.7 Å². The Morgan fingerprint density at radius 1 is 1.35 bits per heavy atom. The van der Waals surface area contributed by atoms with Gasteiger partial charge in [-0.3, -0.25) is 4.79 Å². The smallest absolute Gasteiger partial charge is 0.417 e. The Labute approximate surface area is 112 Å². The molecule has 1 rings (SSSR count). The number of ether oxygens (including phenoxy) is 1. The maximum absolute atomic E-state index is 12.7. The predicted molar refractivity (Wildman–Crippen MR) is 61.8 cm³/mol. The lowest BCUT2D eigenvalue weighted by atomic mass is 10.1. The number of hydrogen-bond donors (Lipinski definition) is 2. The average Bonchev–Trinajstić information content (AvgIpc) is 2.42. The number of aliphatic hydroxyl groups is 1. The van der Waals surface area contributed by atoms with Crippen LogP contribution in [0.4, 0.5) is 13.2 Å². The van der Waals surface area contributed by atoms with Crippen LogP contribution in [0.15, 0.2) is 24.3 Å². The summed E-state index contributed by atoms with van der Waals surface area (Å²) in [6.07, 6.45) is -4.70. The first-order valence-corrected chi connectivity index (χ1v) is 5.47. The third-order valence-corrected chi connectivity index (χ3v) is 2.45. The number of halogens is 3. The predicted octanol–water partition coefficient (Wildman–Crippen LogP) is 0.969. The van der Waals surface area contributed by atoms with E-state index in [1.807, 2.05) is 5.32 Å². The van der Waals surface area contributed by atoms with E-state index >= 15 is 0 Å². The standard InChI is InChI=1S/C12H12F3NO4/c1-20-11(19)9(6-17)16-10(18)7-4-2-3-5-8(7)12(13,14)15/h2-5,9,17H,6H2,1H3,(H,16,18)/t9-/m0/s1. The lowest BCUT2D eigenvalue weighted by molar-refractivity contribution is -0.143. The fraction of sp³-hybridized carbons (Fsp3) is 0.333. The van der Waals surface area contributed by atoms with Gasteiger partial charge in [-0.15, -0.1) is 0 Å². The summed E-state index contributed by atoms with van der Waals surface area (Å²) in [6.45, 7) is -0.785. The van der Waals surface area contributed by atoms with E-state index in [4.69, 9.17) is 5.11 Å². The summed E-state index contributed by atoms with van der Waals surface area (Å²) in [5.41, 5.74) is -1.76. The third kappa shape index (κ3) is 3.70. The lowest BCUT2D eigenvalue weighted by Gasteiger charge is -2.16. The van der Waals surface area contributed by atoms with Crippen molar-refractivity contribution in [2.75, 3.05) is 13.7 Å². The van der Waals surface area contributed by atoms with Crippen molar-refractivity contribution < 1.29 is 32.6 Å². The molecule has 0 radical (unpaired) electrons. The van der Waals surface area contributed by atoms with Gasteiger partial charge in [-0.1, -0.05) is 12.1 Å². The molecule has 0 fully saturated rings. The fourth-order valence-electron chi connectivity index (χ4n) is 1.49. The van der Waals surface area contributed by atoms with Crippen molar-refractivity contribution in [3.05, 3.63) is 35.4 Å². The fourth-order valence-corrected chi connectivity index (χ4v) is 1.49. The average molecular weight is 291 g/mol. The van der Waals surface area contributed by atoms with E-state index in [9.17, 15) is 22.8 Å². The van der Waals surface area contributed by atoms with Gasteiger partial charge in [-0.2, -0.15) is 13.2 Å². The van der Waals surface area contributed by atoms with Crippen LogP contribution in [0.1, 0.15) is 15.9 Å². The summed E-state index contributed by atoms with van der Waals surface area (Å²) in [5.74, 6) is -2.08. The Morgan fingerprint density at radius 3 is 2.45 bits per heavy atom. The van der Waals surface area contributed by atoms with Crippen LogP contribution >= 0.6 is 0 Å². The number of hydrogen-bond acceptors (Lipinski definition) is 4. The molecule has 1 amide bonds. The second-order valence-corrected chi connectivity index (χ2v) is 3.78. The van der Waals surface area contributed by atoms with Crippen molar-refractivity contribution in [2.24, 2.45) is 0 Å². The second kappa shape index (κ2) is 6.38. The van der Waals surface area contributed by atoms with Gasteiger partial charge < -0.3 is 15.2 Å². The molecule has 2 N–H and O–H groups in total. The highest BCUT2D eigenvalue weighted by molar-refractivity contribution is 5.98. The van der Waals surface area contributed by atoms with Crippen molar-refractivity contribution in [3.8, 4) is 0 Å². The molecule has 0 saturated heterocycles. The Balaban J connectivity index is 3.01. The van der Waals surface area contributed by atoms with Gasteiger partial charge in [-0.05, 0) is 12.1 Å². The summed E-state index contributed by atoms with van der Waals surface area (Å²) >= 11 is 0. The van der Waals surface area contributed by atoms with Gasteiger partial charge in [0.15, 0.2) is 6.04 Å². The maximum atomic E-state index is 12.7. The third-order valence-electron chi connectivity index (χ3n) is 2.45. The van der Waals surface area contributed by atoms with Crippen LogP contribution in [0.3, 0.4) is 0 Å². The number of methoxy groups -OCH3 is 1. The highest BCUT2D eigenvalue weighted by atomic mass is 19.4. The highest BCUT2D eigenvalue weighted by Crippen LogP contribution is 2.31. The molecule has 20 heavy (non-hydrogen) atoms. The molecule has 0 aliphatic heterocycles. The first-order chi connectivity index (χ1) is 9.31. The SMILES string of the molecule is COC(=O)[C@H](CO)NC(=O)c1ccccc1C(F)(F)F. The zero-order valence-electron chi connectivity index (χ0n) is 10.4. The van der Waals surface area contributed by atoms with Crippen LogP contribution in [-0.2, 0) is 15.7 Å². The molecule has 1 aromatic rings. The number of benzene rings is 1. The van der Waals surface area contributed by atoms with Gasteiger partial charge in [0.2, 0.25) is 0 Å². The van der Waals surface area contributed by atoms with Gasteiger partial charge >= 0.3 is 12.1 Å². The molecule has 5 nitrogen and oxygen atoms in total. The largest absolute Gasteiger partial charge is 0.467 e. The van der Waals surface area contributed by atoms with Gasteiger partial charge in [0.05, 0.1) is 24.8 Å². The minimum Gasteiger partial charge on any atom is -0.467 e. The van der Waals surface area contributed by atoms with Crippen molar-refractivity contribution in [3.63, 3.8) is 0 Å². The van der Waals surface area contributed by atoms with E-state index in [-0.39, 0.29) is 0 Å². The van der Waals surface area contributed by atoms with Crippen molar-refractivity contribution in [1.29, 1.82) is 0 Å². The highest BCUT2D eigenvalue weighted by Gasteiger charge is 2.35. The van der Waals surface area contributed by atoms with Crippen molar-refractivity contribution >= 4 is 11.9 Å². The summed E-state index contributed by atoms with van der Waals surface area (Å²) in [6, 6.07) is 2.71. The first-order valence-electron chi connectivity index (χ1n) is 5.47. The number of rotatable bonds is 4. The van der Waals surface area contributed by atoms with Gasteiger partial charge in [-0.25, -0.2) is 4.79 Å². The Kier molecular flexibility index (Phi) is 5.09. The van der Waals surface area contributed by atoms with E-state index in [1.165, 1.54) is 6.07 Å². The zero-order chi connectivity index (χ0) is 15.3. The summed E-state index contributed by atoms with van der Waals surface area (Å²) in [5, 5.41) is 10.9. The van der Waals surface area contributed by atoms with Crippen LogP contribution < -0.4 is 5.32 Å². The zero-order valence-corrected chi connectivity index (χ0v) is 10.4. The van der Waals surface area contributed by atoms with Gasteiger partial charge in [0.25, 0.3) is 5.91 Å². The monoisotopic (exact) mass is 291 g/mol. The van der Waals surface area contributed by atoms with E-state index in [2.05, 4.69) is 4.74 Å². The molecule has 0 bridgehead atoms. The molecule has 8 heteroatoms. The number of esters is 1. The molecular weight excluding hydrogens is 279 g/mol. The van der Waals surface area contributed by atoms with E-state index in [0.29, 0.717) is 0 Å². The maximum Gasteiger partial charge on any atom is 0.417 e. The number of carbonyl (C=O) groups is 2. The summed E-state index contributed by atoms with van der Waals surface area (Å²) < 4.78 is 42.5. The summed E-state index contributed by atoms with van der Waals surface area (Å²) in [7, 11) is 1.03. The van der Waals surface area contributed by atoms with Gasteiger partial charge in [0, 0.05) is 0 Å². The van der Waals surface area contributed by atoms with Crippen LogP contribution in [0, 0.1) is 0 Å². The number of aliphatic hydroxyl groups excluding tert-OH is 1. The molecule has 1 atom stereocenters. The van der Waals surface area contributed by atoms with Crippen LogP contribution in [0.25, 0.3) is 0 Å². The van der Waals surface area contributed by atoms with E-state index in [1.54, 1.807) is 0 Å². The molecule has 0 aliphatic carbocycles.